The zero-order valence-electron chi connectivity index (χ0n) is 15.0. The summed E-state index contributed by atoms with van der Waals surface area (Å²) >= 11 is 0. The molecule has 2 N–H and O–H groups in total. The molecule has 146 valence electrons. The number of pyridine rings is 1. The molecule has 1 fully saturated rings. The van der Waals surface area contributed by atoms with Crippen LogP contribution in [0.5, 0.6) is 0 Å². The predicted octanol–water partition coefficient (Wildman–Crippen LogP) is 3.56. The number of aromatic nitrogens is 1. The minimum atomic E-state index is -4.42. The number of nitrogens with zero attached hydrogens (tertiary/aromatic N) is 2. The van der Waals surface area contributed by atoms with Crippen LogP contribution in [-0.4, -0.2) is 28.4 Å². The van der Waals surface area contributed by atoms with E-state index in [-0.39, 0.29) is 36.8 Å². The van der Waals surface area contributed by atoms with E-state index in [4.69, 9.17) is 5.73 Å². The number of hydrogen-bond acceptors (Lipinski definition) is 3. The molecule has 0 radical (unpaired) electrons. The second kappa shape index (κ2) is 7.35. The zero-order valence-corrected chi connectivity index (χ0v) is 15.8. The van der Waals surface area contributed by atoms with Gasteiger partial charge < -0.3 is 10.6 Å². The van der Waals surface area contributed by atoms with Crippen molar-refractivity contribution in [3.8, 4) is 0 Å². The lowest BCUT2D eigenvalue weighted by Gasteiger charge is -2.39. The molecule has 0 bridgehead atoms. The Balaban J connectivity index is 0.00000243. The molecular formula is C18H25ClF3N3O. The largest absolute Gasteiger partial charge is 0.417 e. The van der Waals surface area contributed by atoms with Gasteiger partial charge in [0.1, 0.15) is 0 Å². The third-order valence-corrected chi connectivity index (χ3v) is 5.77. The number of carbonyl (C=O) groups is 1. The van der Waals surface area contributed by atoms with E-state index in [0.29, 0.717) is 30.6 Å². The summed E-state index contributed by atoms with van der Waals surface area (Å²) in [6.07, 6.45) is -0.857. The van der Waals surface area contributed by atoms with E-state index in [1.54, 1.807) is 4.90 Å². The second-order valence-corrected chi connectivity index (χ2v) is 7.62. The Morgan fingerprint density at radius 1 is 1.42 bits per heavy atom. The van der Waals surface area contributed by atoms with Crippen molar-refractivity contribution in [2.75, 3.05) is 6.54 Å². The molecule has 8 heteroatoms. The van der Waals surface area contributed by atoms with Gasteiger partial charge in [-0.2, -0.15) is 13.2 Å². The lowest BCUT2D eigenvalue weighted by Crippen LogP contribution is -2.48. The molecule has 2 aliphatic rings. The van der Waals surface area contributed by atoms with E-state index in [2.05, 4.69) is 4.98 Å². The first-order valence-electron chi connectivity index (χ1n) is 8.73. The van der Waals surface area contributed by atoms with Crippen LogP contribution < -0.4 is 5.73 Å². The third-order valence-electron chi connectivity index (χ3n) is 5.77. The first-order chi connectivity index (χ1) is 11.6. The maximum Gasteiger partial charge on any atom is 0.417 e. The van der Waals surface area contributed by atoms with Crippen LogP contribution in [0.2, 0.25) is 0 Å². The number of alkyl halides is 3. The number of amides is 1. The van der Waals surface area contributed by atoms with Gasteiger partial charge in [-0.3, -0.25) is 9.78 Å². The molecule has 26 heavy (non-hydrogen) atoms. The van der Waals surface area contributed by atoms with E-state index in [0.717, 1.165) is 25.1 Å². The Hall–Kier alpha value is -1.34. The summed E-state index contributed by atoms with van der Waals surface area (Å²) in [5.74, 6) is 0.174. The quantitative estimate of drug-likeness (QED) is 0.838. The van der Waals surface area contributed by atoms with Crippen molar-refractivity contribution in [1.29, 1.82) is 0 Å². The minimum absolute atomic E-state index is 0. The van der Waals surface area contributed by atoms with Gasteiger partial charge in [-0.1, -0.05) is 13.8 Å². The van der Waals surface area contributed by atoms with Crippen LogP contribution in [0, 0.1) is 11.3 Å². The predicted molar refractivity (Wildman–Crippen MR) is 94.7 cm³/mol. The highest BCUT2D eigenvalue weighted by Gasteiger charge is 2.48. The smallest absolute Gasteiger partial charge is 0.337 e. The van der Waals surface area contributed by atoms with Gasteiger partial charge in [0.25, 0.3) is 0 Å². The van der Waals surface area contributed by atoms with E-state index in [1.807, 2.05) is 13.8 Å². The Kier molecular flexibility index (Phi) is 5.93. The summed E-state index contributed by atoms with van der Waals surface area (Å²) in [4.78, 5) is 18.9. The van der Waals surface area contributed by atoms with Crippen molar-refractivity contribution in [3.63, 3.8) is 0 Å². The van der Waals surface area contributed by atoms with Gasteiger partial charge in [0.15, 0.2) is 0 Å². The number of nitrogens with two attached hydrogens (primary N) is 1. The van der Waals surface area contributed by atoms with Crippen LogP contribution in [-0.2, 0) is 23.9 Å². The lowest BCUT2D eigenvalue weighted by atomic mass is 9.74. The van der Waals surface area contributed by atoms with Crippen LogP contribution in [0.1, 0.15) is 49.9 Å². The summed E-state index contributed by atoms with van der Waals surface area (Å²) in [5, 5.41) is 0. The van der Waals surface area contributed by atoms with Crippen molar-refractivity contribution < 1.29 is 18.0 Å². The van der Waals surface area contributed by atoms with Gasteiger partial charge in [-0.05, 0) is 36.8 Å². The van der Waals surface area contributed by atoms with Crippen molar-refractivity contribution in [3.05, 3.63) is 29.1 Å². The number of rotatable bonds is 2. The fourth-order valence-corrected chi connectivity index (χ4v) is 4.15. The number of hydrogen-bond donors (Lipinski definition) is 1. The monoisotopic (exact) mass is 391 g/mol. The first-order valence-corrected chi connectivity index (χ1v) is 8.73. The van der Waals surface area contributed by atoms with Crippen molar-refractivity contribution in [2.24, 2.45) is 17.1 Å². The molecule has 1 aliphatic heterocycles. The molecular weight excluding hydrogens is 367 g/mol. The molecule has 1 aromatic rings. The van der Waals surface area contributed by atoms with Gasteiger partial charge in [0.05, 0.1) is 11.0 Å². The Bertz CT molecular complexity index is 680. The fraction of sp³-hybridized carbons (Fsp3) is 0.667. The van der Waals surface area contributed by atoms with E-state index in [9.17, 15) is 18.0 Å². The normalized spacial score (nSPS) is 25.8. The first kappa shape index (κ1) is 21.0. The summed E-state index contributed by atoms with van der Waals surface area (Å²) < 4.78 is 38.8. The maximum atomic E-state index is 13.2. The van der Waals surface area contributed by atoms with Gasteiger partial charge in [-0.15, -0.1) is 12.4 Å². The van der Waals surface area contributed by atoms with Crippen molar-refractivity contribution in [1.82, 2.24) is 9.88 Å². The van der Waals surface area contributed by atoms with Crippen LogP contribution in [0.3, 0.4) is 0 Å². The number of carbonyl (C=O) groups excluding carboxylic acids is 1. The summed E-state index contributed by atoms with van der Waals surface area (Å²) in [5.41, 5.74) is 5.95. The van der Waals surface area contributed by atoms with Crippen LogP contribution in [0.25, 0.3) is 0 Å². The van der Waals surface area contributed by atoms with Crippen LogP contribution in [0.15, 0.2) is 12.3 Å². The Morgan fingerprint density at radius 3 is 2.65 bits per heavy atom. The fourth-order valence-electron chi connectivity index (χ4n) is 4.15. The topological polar surface area (TPSA) is 59.2 Å². The summed E-state index contributed by atoms with van der Waals surface area (Å²) in [7, 11) is 0. The highest BCUT2D eigenvalue weighted by Crippen LogP contribution is 2.46. The standard InChI is InChI=1S/C18H24F3N3O.ClH/c1-11(2)17(5-3-14(22)8-17)16(25)24-6-4-15-12(10-24)7-13(9-23-15)18(19,20)21;/h7,9,11,14H,3-6,8,10,22H2,1-2H3;1H/t14-,17+;/m1./s1. The Morgan fingerprint density at radius 2 is 2.12 bits per heavy atom. The maximum absolute atomic E-state index is 13.2. The average molecular weight is 392 g/mol. The Labute approximate surface area is 157 Å². The molecule has 0 spiro atoms. The molecule has 1 amide bonds. The zero-order chi connectivity index (χ0) is 18.4. The number of halogens is 4. The van der Waals surface area contributed by atoms with Crippen LogP contribution in [0.4, 0.5) is 13.2 Å². The third kappa shape index (κ3) is 3.69. The van der Waals surface area contributed by atoms with Gasteiger partial charge in [0.2, 0.25) is 5.91 Å². The molecule has 0 unspecified atom stereocenters. The molecule has 1 aromatic heterocycles. The molecule has 1 saturated carbocycles. The molecule has 2 atom stereocenters. The summed E-state index contributed by atoms with van der Waals surface area (Å²) in [6, 6.07) is 1.14. The minimum Gasteiger partial charge on any atom is -0.337 e. The van der Waals surface area contributed by atoms with E-state index >= 15 is 0 Å². The highest BCUT2D eigenvalue weighted by molar-refractivity contribution is 5.85. The van der Waals surface area contributed by atoms with E-state index < -0.39 is 17.2 Å². The molecule has 1 aliphatic carbocycles. The van der Waals surface area contributed by atoms with Crippen LogP contribution >= 0.6 is 12.4 Å². The molecule has 0 saturated heterocycles. The van der Waals surface area contributed by atoms with Gasteiger partial charge in [0, 0.05) is 37.4 Å². The molecule has 0 aromatic carbocycles. The average Bonchev–Trinajstić information content (AvgIpc) is 2.95. The highest BCUT2D eigenvalue weighted by atomic mass is 35.5. The summed E-state index contributed by atoms with van der Waals surface area (Å²) in [6.45, 7) is 4.73. The SMILES string of the molecule is CC(C)[C@]1(C(=O)N2CCc3ncc(C(F)(F)F)cc3C2)CC[C@@H](N)C1.Cl. The molecule has 2 heterocycles. The van der Waals surface area contributed by atoms with Gasteiger partial charge >= 0.3 is 6.18 Å². The molecule has 4 nitrogen and oxygen atoms in total. The molecule has 3 rings (SSSR count). The number of fused-ring (bicyclic) bond motifs is 1. The van der Waals surface area contributed by atoms with E-state index in [1.165, 1.54) is 0 Å². The van der Waals surface area contributed by atoms with Crippen molar-refractivity contribution in [2.45, 2.75) is 58.3 Å². The van der Waals surface area contributed by atoms with Crippen molar-refractivity contribution >= 4 is 18.3 Å². The lowest BCUT2D eigenvalue weighted by molar-refractivity contribution is -0.145. The van der Waals surface area contributed by atoms with Gasteiger partial charge in [-0.25, -0.2) is 0 Å². The second-order valence-electron chi connectivity index (χ2n) is 7.62.